The number of rotatable bonds is 7. The topological polar surface area (TPSA) is 66.8 Å². The maximum Gasteiger partial charge on any atom is 0.313 e. The van der Waals surface area contributed by atoms with Crippen LogP contribution in [0, 0.1) is 11.3 Å². The molecule has 1 aliphatic heterocycles. The predicted molar refractivity (Wildman–Crippen MR) is 88.2 cm³/mol. The van der Waals surface area contributed by atoms with Crippen molar-refractivity contribution in [3.05, 3.63) is 0 Å². The highest BCUT2D eigenvalue weighted by atomic mass is 16.5. The molecule has 1 unspecified atom stereocenters. The quantitative estimate of drug-likeness (QED) is 0.781. The van der Waals surface area contributed by atoms with Crippen LogP contribution in [0.5, 0.6) is 0 Å². The first-order valence-corrected chi connectivity index (χ1v) is 9.07. The molecule has 0 spiro atoms. The maximum absolute atomic E-state index is 12.4. The van der Waals surface area contributed by atoms with Crippen molar-refractivity contribution >= 4 is 11.9 Å². The molecule has 0 aromatic carbocycles. The van der Waals surface area contributed by atoms with E-state index in [-0.39, 0.29) is 12.5 Å². The lowest BCUT2D eigenvalue weighted by Crippen LogP contribution is -2.52. The largest absolute Gasteiger partial charge is 0.481 e. The van der Waals surface area contributed by atoms with Crippen LogP contribution in [0.15, 0.2) is 0 Å². The van der Waals surface area contributed by atoms with Crippen LogP contribution in [-0.2, 0) is 14.3 Å². The Morgan fingerprint density at radius 1 is 1.22 bits per heavy atom. The Bertz CT molecular complexity index is 402. The number of carbonyl (C=O) groups excluding carboxylic acids is 1. The Morgan fingerprint density at radius 2 is 1.96 bits per heavy atom. The van der Waals surface area contributed by atoms with Gasteiger partial charge < -0.3 is 14.7 Å². The van der Waals surface area contributed by atoms with Gasteiger partial charge in [0.2, 0.25) is 5.91 Å². The van der Waals surface area contributed by atoms with Crippen molar-refractivity contribution < 1.29 is 19.4 Å². The molecule has 1 atom stereocenters. The number of nitrogens with zero attached hydrogens (tertiary/aromatic N) is 1. The molecule has 23 heavy (non-hydrogen) atoms. The molecule has 2 rings (SSSR count). The fourth-order valence-electron chi connectivity index (χ4n) is 4.15. The van der Waals surface area contributed by atoms with Crippen molar-refractivity contribution in [3.63, 3.8) is 0 Å². The van der Waals surface area contributed by atoms with E-state index in [1.54, 1.807) is 4.90 Å². The molecule has 1 amide bonds. The van der Waals surface area contributed by atoms with Gasteiger partial charge in [-0.2, -0.15) is 0 Å². The lowest BCUT2D eigenvalue weighted by atomic mass is 9.80. The standard InChI is InChI=1S/C18H31NO4/c1-23-14-18(17(21)22)11-6-12-19(13-18)16(20)10-5-9-15-7-3-2-4-8-15/h15H,2-14H2,1H3,(H,21,22). The van der Waals surface area contributed by atoms with Gasteiger partial charge in [-0.15, -0.1) is 0 Å². The summed E-state index contributed by atoms with van der Waals surface area (Å²) in [4.78, 5) is 25.8. The van der Waals surface area contributed by atoms with E-state index in [2.05, 4.69) is 0 Å². The molecule has 0 aromatic rings. The summed E-state index contributed by atoms with van der Waals surface area (Å²) in [5.41, 5.74) is -0.925. The van der Waals surface area contributed by atoms with Gasteiger partial charge in [0.1, 0.15) is 5.41 Å². The minimum absolute atomic E-state index is 0.113. The summed E-state index contributed by atoms with van der Waals surface area (Å²) in [6.45, 7) is 1.15. The van der Waals surface area contributed by atoms with Gasteiger partial charge in [0.15, 0.2) is 0 Å². The Kier molecular flexibility index (Phi) is 6.88. The van der Waals surface area contributed by atoms with Crippen LogP contribution in [0.1, 0.15) is 64.2 Å². The average Bonchev–Trinajstić information content (AvgIpc) is 2.56. The highest BCUT2D eigenvalue weighted by Gasteiger charge is 2.43. The molecule has 132 valence electrons. The summed E-state index contributed by atoms with van der Waals surface area (Å²) in [6.07, 6.45) is 10.6. The van der Waals surface area contributed by atoms with Crippen LogP contribution in [0.3, 0.4) is 0 Å². The highest BCUT2D eigenvalue weighted by molar-refractivity contribution is 5.79. The lowest BCUT2D eigenvalue weighted by molar-refractivity contribution is -0.159. The summed E-state index contributed by atoms with van der Waals surface area (Å²) < 4.78 is 5.12. The maximum atomic E-state index is 12.4. The Balaban J connectivity index is 1.80. The van der Waals surface area contributed by atoms with Crippen LogP contribution < -0.4 is 0 Å². The number of carbonyl (C=O) groups is 2. The first kappa shape index (κ1) is 18.2. The fourth-order valence-corrected chi connectivity index (χ4v) is 4.15. The predicted octanol–water partition coefficient (Wildman–Crippen LogP) is 3.08. The molecule has 5 heteroatoms. The van der Waals surface area contributed by atoms with E-state index >= 15 is 0 Å². The van der Waals surface area contributed by atoms with Crippen molar-refractivity contribution in [1.29, 1.82) is 0 Å². The van der Waals surface area contributed by atoms with E-state index in [1.165, 1.54) is 39.2 Å². The van der Waals surface area contributed by atoms with Gasteiger partial charge in [-0.3, -0.25) is 9.59 Å². The monoisotopic (exact) mass is 325 g/mol. The van der Waals surface area contributed by atoms with Crippen LogP contribution in [0.25, 0.3) is 0 Å². The molecule has 0 aromatic heterocycles. The number of hydrogen-bond donors (Lipinski definition) is 1. The summed E-state index contributed by atoms with van der Waals surface area (Å²) in [5, 5.41) is 9.55. The number of amides is 1. The molecule has 1 saturated heterocycles. The molecule has 1 saturated carbocycles. The zero-order valence-electron chi connectivity index (χ0n) is 14.4. The second-order valence-corrected chi connectivity index (χ2v) is 7.33. The molecule has 0 bridgehead atoms. The van der Waals surface area contributed by atoms with E-state index in [0.29, 0.717) is 25.9 Å². The van der Waals surface area contributed by atoms with Crippen LogP contribution in [0.2, 0.25) is 0 Å². The average molecular weight is 325 g/mol. The summed E-state index contributed by atoms with van der Waals surface area (Å²) in [7, 11) is 1.52. The molecule has 1 aliphatic carbocycles. The van der Waals surface area contributed by atoms with Gasteiger partial charge in [-0.25, -0.2) is 0 Å². The number of likely N-dealkylation sites (tertiary alicyclic amines) is 1. The number of aliphatic carboxylic acids is 1. The molecule has 0 radical (unpaired) electrons. The summed E-state index contributed by atoms with van der Waals surface area (Å²) in [6, 6.07) is 0. The Labute approximate surface area is 139 Å². The Hall–Kier alpha value is -1.10. The van der Waals surface area contributed by atoms with Gasteiger partial charge in [-0.1, -0.05) is 32.1 Å². The summed E-state index contributed by atoms with van der Waals surface area (Å²) in [5.74, 6) is 0.0609. The van der Waals surface area contributed by atoms with E-state index < -0.39 is 11.4 Å². The van der Waals surface area contributed by atoms with E-state index in [1.807, 2.05) is 0 Å². The second kappa shape index (κ2) is 8.67. The number of hydrogen-bond acceptors (Lipinski definition) is 3. The van der Waals surface area contributed by atoms with Gasteiger partial charge >= 0.3 is 5.97 Å². The van der Waals surface area contributed by atoms with Crippen molar-refractivity contribution in [1.82, 2.24) is 4.90 Å². The van der Waals surface area contributed by atoms with E-state index in [4.69, 9.17) is 4.74 Å². The SMILES string of the molecule is COCC1(C(=O)O)CCCN(C(=O)CCCC2CCCCC2)C1. The van der Waals surface area contributed by atoms with Gasteiger partial charge in [-0.05, 0) is 31.6 Å². The van der Waals surface area contributed by atoms with Crippen molar-refractivity contribution in [3.8, 4) is 0 Å². The Morgan fingerprint density at radius 3 is 2.61 bits per heavy atom. The zero-order valence-corrected chi connectivity index (χ0v) is 14.4. The molecular weight excluding hydrogens is 294 g/mol. The van der Waals surface area contributed by atoms with Gasteiger partial charge in [0.05, 0.1) is 6.61 Å². The number of piperidine rings is 1. The molecule has 1 N–H and O–H groups in total. The number of carboxylic acids is 1. The second-order valence-electron chi connectivity index (χ2n) is 7.33. The third-order valence-electron chi connectivity index (χ3n) is 5.53. The van der Waals surface area contributed by atoms with Crippen molar-refractivity contribution in [2.45, 2.75) is 64.2 Å². The van der Waals surface area contributed by atoms with Crippen molar-refractivity contribution in [2.75, 3.05) is 26.8 Å². The highest BCUT2D eigenvalue weighted by Crippen LogP contribution is 2.32. The van der Waals surface area contributed by atoms with Crippen molar-refractivity contribution in [2.24, 2.45) is 11.3 Å². The molecule has 1 heterocycles. The van der Waals surface area contributed by atoms with Gasteiger partial charge in [0, 0.05) is 26.6 Å². The first-order valence-electron chi connectivity index (χ1n) is 9.07. The van der Waals surface area contributed by atoms with E-state index in [0.717, 1.165) is 25.2 Å². The molecule has 5 nitrogen and oxygen atoms in total. The van der Waals surface area contributed by atoms with Crippen LogP contribution in [0.4, 0.5) is 0 Å². The summed E-state index contributed by atoms with van der Waals surface area (Å²) >= 11 is 0. The minimum atomic E-state index is -0.925. The number of carboxylic acid groups (broad SMARTS) is 1. The molecule has 2 aliphatic rings. The normalized spacial score (nSPS) is 26.2. The zero-order chi connectivity index (χ0) is 16.7. The first-order chi connectivity index (χ1) is 11.1. The van der Waals surface area contributed by atoms with Crippen LogP contribution in [-0.4, -0.2) is 48.7 Å². The lowest BCUT2D eigenvalue weighted by Gasteiger charge is -2.39. The minimum Gasteiger partial charge on any atom is -0.481 e. The van der Waals surface area contributed by atoms with E-state index in [9.17, 15) is 14.7 Å². The van der Waals surface area contributed by atoms with Crippen LogP contribution >= 0.6 is 0 Å². The molecule has 2 fully saturated rings. The third kappa shape index (κ3) is 4.93. The smallest absolute Gasteiger partial charge is 0.313 e. The number of ether oxygens (including phenoxy) is 1. The third-order valence-corrected chi connectivity index (χ3v) is 5.53. The van der Waals surface area contributed by atoms with Gasteiger partial charge in [0.25, 0.3) is 0 Å². The number of methoxy groups -OCH3 is 1. The fraction of sp³-hybridized carbons (Fsp3) is 0.889. The molecular formula is C18H31NO4.